The average Bonchev–Trinajstić information content (AvgIpc) is 2.81. The molecule has 1 saturated carbocycles. The second-order valence-corrected chi connectivity index (χ2v) is 4.89. The van der Waals surface area contributed by atoms with Crippen molar-refractivity contribution in [2.45, 2.75) is 24.4 Å². The van der Waals surface area contributed by atoms with E-state index in [0.717, 1.165) is 10.9 Å². The van der Waals surface area contributed by atoms with Crippen LogP contribution in [-0.4, -0.2) is 15.3 Å². The fourth-order valence-electron chi connectivity index (χ4n) is 1.43. The van der Waals surface area contributed by atoms with Crippen LogP contribution in [0.2, 0.25) is 0 Å². The number of aryl methyl sites for hydroxylation is 1. The zero-order valence-corrected chi connectivity index (χ0v) is 9.05. The Morgan fingerprint density at radius 3 is 3.00 bits per heavy atom. The normalized spacial score (nSPS) is 17.7. The fourth-order valence-corrected chi connectivity index (χ4v) is 2.65. The third kappa shape index (κ3) is 1.93. The summed E-state index contributed by atoms with van der Waals surface area (Å²) < 4.78 is 2.02. The van der Waals surface area contributed by atoms with E-state index in [4.69, 9.17) is 5.26 Å². The van der Waals surface area contributed by atoms with Gasteiger partial charge in [-0.3, -0.25) is 0 Å². The van der Waals surface area contributed by atoms with E-state index in [1.54, 1.807) is 11.8 Å². The number of nitrogens with zero attached hydrogens (tertiary/aromatic N) is 3. The fraction of sp³-hybridized carbons (Fsp3) is 0.600. The Balaban J connectivity index is 1.89. The van der Waals surface area contributed by atoms with E-state index in [-0.39, 0.29) is 0 Å². The van der Waals surface area contributed by atoms with Crippen molar-refractivity contribution in [3.8, 4) is 6.07 Å². The van der Waals surface area contributed by atoms with E-state index in [9.17, 15) is 0 Å². The molecule has 1 fully saturated rings. The molecule has 0 radical (unpaired) electrons. The van der Waals surface area contributed by atoms with Gasteiger partial charge in [-0.25, -0.2) is 4.98 Å². The maximum Gasteiger partial charge on any atom is 0.167 e. The molecule has 0 aliphatic heterocycles. The molecule has 1 aromatic heterocycles. The monoisotopic (exact) mass is 207 g/mol. The van der Waals surface area contributed by atoms with Gasteiger partial charge in [0.15, 0.2) is 5.16 Å². The maximum atomic E-state index is 8.67. The van der Waals surface area contributed by atoms with Crippen LogP contribution in [0, 0.1) is 16.7 Å². The van der Waals surface area contributed by atoms with Crippen molar-refractivity contribution in [3.63, 3.8) is 0 Å². The minimum atomic E-state index is 0.311. The summed E-state index contributed by atoms with van der Waals surface area (Å²) in [5.41, 5.74) is 0.311. The van der Waals surface area contributed by atoms with Gasteiger partial charge in [0.25, 0.3) is 0 Å². The lowest BCUT2D eigenvalue weighted by molar-refractivity contribution is 0.602. The Kier molecular flexibility index (Phi) is 2.51. The van der Waals surface area contributed by atoms with Gasteiger partial charge in [-0.1, -0.05) is 11.8 Å². The molecule has 0 aromatic carbocycles. The van der Waals surface area contributed by atoms with Crippen LogP contribution in [0.4, 0.5) is 0 Å². The SMILES string of the molecule is Cn1ccnc1SCC1(CC#N)CC1. The summed E-state index contributed by atoms with van der Waals surface area (Å²) in [6.07, 6.45) is 6.87. The highest BCUT2D eigenvalue weighted by molar-refractivity contribution is 7.99. The van der Waals surface area contributed by atoms with Crippen molar-refractivity contribution in [2.24, 2.45) is 12.5 Å². The van der Waals surface area contributed by atoms with Gasteiger partial charge in [0.1, 0.15) is 0 Å². The number of hydrogen-bond donors (Lipinski definition) is 0. The predicted octanol–water partition coefficient (Wildman–Crippen LogP) is 2.21. The Morgan fingerprint density at radius 1 is 1.71 bits per heavy atom. The van der Waals surface area contributed by atoms with E-state index in [0.29, 0.717) is 11.8 Å². The van der Waals surface area contributed by atoms with Crippen LogP contribution >= 0.6 is 11.8 Å². The first-order valence-electron chi connectivity index (χ1n) is 4.73. The van der Waals surface area contributed by atoms with E-state index < -0.39 is 0 Å². The Morgan fingerprint density at radius 2 is 2.50 bits per heavy atom. The average molecular weight is 207 g/mol. The summed E-state index contributed by atoms with van der Waals surface area (Å²) in [7, 11) is 2.00. The van der Waals surface area contributed by atoms with Crippen molar-refractivity contribution >= 4 is 11.8 Å². The molecular formula is C10H13N3S. The van der Waals surface area contributed by atoms with Crippen LogP contribution in [0.15, 0.2) is 17.6 Å². The van der Waals surface area contributed by atoms with Gasteiger partial charge in [-0.05, 0) is 18.3 Å². The lowest BCUT2D eigenvalue weighted by Gasteiger charge is -2.09. The van der Waals surface area contributed by atoms with Crippen molar-refractivity contribution in [3.05, 3.63) is 12.4 Å². The standard InChI is InChI=1S/C10H13N3S/c1-13-7-6-12-9(13)14-8-10(2-3-10)4-5-11/h6-7H,2-4,8H2,1H3. The van der Waals surface area contributed by atoms with E-state index in [2.05, 4.69) is 11.1 Å². The molecule has 74 valence electrons. The summed E-state index contributed by atoms with van der Waals surface area (Å²) in [6, 6.07) is 2.27. The van der Waals surface area contributed by atoms with Crippen molar-refractivity contribution in [1.82, 2.24) is 9.55 Å². The van der Waals surface area contributed by atoms with Crippen molar-refractivity contribution in [1.29, 1.82) is 5.26 Å². The first-order chi connectivity index (χ1) is 6.76. The quantitative estimate of drug-likeness (QED) is 0.711. The number of aromatic nitrogens is 2. The summed E-state index contributed by atoms with van der Waals surface area (Å²) in [5, 5.41) is 9.72. The highest BCUT2D eigenvalue weighted by atomic mass is 32.2. The van der Waals surface area contributed by atoms with Gasteiger partial charge in [-0.2, -0.15) is 5.26 Å². The lowest BCUT2D eigenvalue weighted by atomic mass is 10.1. The van der Waals surface area contributed by atoms with Gasteiger partial charge in [0, 0.05) is 31.6 Å². The first kappa shape index (κ1) is 9.60. The molecule has 2 rings (SSSR count). The molecule has 0 amide bonds. The number of rotatable bonds is 4. The highest BCUT2D eigenvalue weighted by Crippen LogP contribution is 2.51. The summed E-state index contributed by atoms with van der Waals surface area (Å²) in [4.78, 5) is 4.25. The Labute approximate surface area is 88.1 Å². The molecule has 1 aliphatic carbocycles. The summed E-state index contributed by atoms with van der Waals surface area (Å²) in [6.45, 7) is 0. The zero-order valence-electron chi connectivity index (χ0n) is 8.23. The minimum absolute atomic E-state index is 0.311. The van der Waals surface area contributed by atoms with Crippen LogP contribution in [0.5, 0.6) is 0 Å². The molecule has 1 heterocycles. The Hall–Kier alpha value is -0.950. The second kappa shape index (κ2) is 3.66. The predicted molar refractivity (Wildman–Crippen MR) is 55.8 cm³/mol. The number of thioether (sulfide) groups is 1. The molecule has 0 atom stereocenters. The number of imidazole rings is 1. The topological polar surface area (TPSA) is 41.6 Å². The number of hydrogen-bond acceptors (Lipinski definition) is 3. The van der Waals surface area contributed by atoms with Gasteiger partial charge in [0.05, 0.1) is 6.07 Å². The minimum Gasteiger partial charge on any atom is -0.329 e. The summed E-state index contributed by atoms with van der Waals surface area (Å²) >= 11 is 1.76. The van der Waals surface area contributed by atoms with Crippen molar-refractivity contribution < 1.29 is 0 Å². The van der Waals surface area contributed by atoms with Gasteiger partial charge < -0.3 is 4.57 Å². The Bertz CT molecular complexity index is 360. The van der Waals surface area contributed by atoms with E-state index >= 15 is 0 Å². The smallest absolute Gasteiger partial charge is 0.167 e. The molecule has 0 N–H and O–H groups in total. The van der Waals surface area contributed by atoms with E-state index in [1.807, 2.05) is 24.0 Å². The third-order valence-corrected chi connectivity index (χ3v) is 4.10. The molecule has 0 unspecified atom stereocenters. The van der Waals surface area contributed by atoms with Crippen LogP contribution < -0.4 is 0 Å². The zero-order chi connectivity index (χ0) is 10.0. The first-order valence-corrected chi connectivity index (χ1v) is 5.71. The summed E-state index contributed by atoms with van der Waals surface area (Å²) in [5.74, 6) is 1.03. The van der Waals surface area contributed by atoms with Crippen LogP contribution in [0.25, 0.3) is 0 Å². The molecule has 1 aromatic rings. The van der Waals surface area contributed by atoms with Crippen molar-refractivity contribution in [2.75, 3.05) is 5.75 Å². The van der Waals surface area contributed by atoms with Gasteiger partial charge in [0.2, 0.25) is 0 Å². The van der Waals surface area contributed by atoms with Crippen LogP contribution in [0.1, 0.15) is 19.3 Å². The lowest BCUT2D eigenvalue weighted by Crippen LogP contribution is -2.03. The molecule has 0 saturated heterocycles. The molecule has 4 heteroatoms. The third-order valence-electron chi connectivity index (χ3n) is 2.70. The molecule has 0 bridgehead atoms. The molecule has 1 aliphatic rings. The van der Waals surface area contributed by atoms with Gasteiger partial charge >= 0.3 is 0 Å². The number of nitriles is 1. The molecular weight excluding hydrogens is 194 g/mol. The molecule has 0 spiro atoms. The van der Waals surface area contributed by atoms with E-state index in [1.165, 1.54) is 12.8 Å². The highest BCUT2D eigenvalue weighted by Gasteiger charge is 2.42. The second-order valence-electron chi connectivity index (χ2n) is 3.94. The van der Waals surface area contributed by atoms with Crippen LogP contribution in [-0.2, 0) is 7.05 Å². The van der Waals surface area contributed by atoms with Crippen LogP contribution in [0.3, 0.4) is 0 Å². The molecule has 3 nitrogen and oxygen atoms in total. The maximum absolute atomic E-state index is 8.67. The molecule has 14 heavy (non-hydrogen) atoms. The van der Waals surface area contributed by atoms with Gasteiger partial charge in [-0.15, -0.1) is 0 Å². The largest absolute Gasteiger partial charge is 0.329 e.